The lowest BCUT2D eigenvalue weighted by molar-refractivity contribution is -0.136. The Balaban J connectivity index is 1.84. The first-order valence-corrected chi connectivity index (χ1v) is 9.13. The van der Waals surface area contributed by atoms with E-state index in [2.05, 4.69) is 20.4 Å². The molecule has 2 fully saturated rings. The minimum Gasteiger partial charge on any atom is -0.458 e. The Morgan fingerprint density at radius 3 is 2.75 bits per heavy atom. The lowest BCUT2D eigenvalue weighted by atomic mass is 9.46. The van der Waals surface area contributed by atoms with Gasteiger partial charge in [0.2, 0.25) is 0 Å². The van der Waals surface area contributed by atoms with E-state index in [0.717, 1.165) is 31.3 Å². The number of ether oxygens (including phenoxy) is 1. The number of aliphatic hydroxyl groups is 2. The summed E-state index contributed by atoms with van der Waals surface area (Å²) >= 11 is 0. The summed E-state index contributed by atoms with van der Waals surface area (Å²) in [6, 6.07) is 0. The van der Waals surface area contributed by atoms with Crippen LogP contribution in [0.1, 0.15) is 52.4 Å². The molecule has 0 aromatic rings. The van der Waals surface area contributed by atoms with Gasteiger partial charge in [-0.3, -0.25) is 0 Å². The van der Waals surface area contributed by atoms with Gasteiger partial charge >= 0.3 is 5.97 Å². The second-order valence-corrected chi connectivity index (χ2v) is 8.55. The third kappa shape index (κ3) is 2.84. The number of aliphatic hydroxyl groups excluding tert-OH is 2. The summed E-state index contributed by atoms with van der Waals surface area (Å²) in [6.07, 6.45) is 6.48. The minimum absolute atomic E-state index is 0.0758. The van der Waals surface area contributed by atoms with Crippen molar-refractivity contribution in [2.75, 3.05) is 13.2 Å². The zero-order chi connectivity index (χ0) is 17.5. The van der Waals surface area contributed by atoms with Gasteiger partial charge in [-0.15, -0.1) is 0 Å². The van der Waals surface area contributed by atoms with Gasteiger partial charge in [0, 0.05) is 12.2 Å². The molecule has 2 aliphatic carbocycles. The maximum Gasteiger partial charge on any atom is 0.334 e. The van der Waals surface area contributed by atoms with Crippen LogP contribution in [0.15, 0.2) is 23.8 Å². The molecule has 2 saturated carbocycles. The van der Waals surface area contributed by atoms with Crippen molar-refractivity contribution in [3.05, 3.63) is 23.8 Å². The molecule has 0 saturated heterocycles. The molecule has 3 aliphatic rings. The Hall–Kier alpha value is -1.13. The molecule has 2 N–H and O–H groups in total. The predicted octanol–water partition coefficient (Wildman–Crippen LogP) is 2.99. The standard InChI is InChI=1S/C20H30O4/c1-13-4-7-17-19(2,12-21)10-15(22)11-20(17,3)16(13)6-5-14-8-9-24-18(14)23/h8,15-17,21-22H,1,4-7,9-12H2,2-3H3/t15-,16-,17-,19+,20+/m1/s1. The number of allylic oxidation sites excluding steroid dienone is 1. The fourth-order valence-electron chi connectivity index (χ4n) is 5.84. The van der Waals surface area contributed by atoms with Crippen molar-refractivity contribution >= 4 is 5.97 Å². The number of hydrogen-bond acceptors (Lipinski definition) is 4. The van der Waals surface area contributed by atoms with E-state index in [9.17, 15) is 15.0 Å². The zero-order valence-electron chi connectivity index (χ0n) is 14.9. The van der Waals surface area contributed by atoms with Crippen molar-refractivity contribution in [1.29, 1.82) is 0 Å². The van der Waals surface area contributed by atoms with Gasteiger partial charge in [-0.25, -0.2) is 4.79 Å². The summed E-state index contributed by atoms with van der Waals surface area (Å²) < 4.78 is 5.00. The molecule has 0 aromatic heterocycles. The lowest BCUT2D eigenvalue weighted by Gasteiger charge is -2.59. The van der Waals surface area contributed by atoms with E-state index in [1.807, 2.05) is 6.08 Å². The van der Waals surface area contributed by atoms with Crippen LogP contribution in [-0.2, 0) is 9.53 Å². The second-order valence-electron chi connectivity index (χ2n) is 8.55. The molecule has 24 heavy (non-hydrogen) atoms. The molecule has 0 radical (unpaired) electrons. The van der Waals surface area contributed by atoms with Gasteiger partial charge in [-0.05, 0) is 67.3 Å². The average molecular weight is 334 g/mol. The van der Waals surface area contributed by atoms with Gasteiger partial charge in [0.15, 0.2) is 0 Å². The van der Waals surface area contributed by atoms with Crippen molar-refractivity contribution < 1.29 is 19.7 Å². The molecule has 0 bridgehead atoms. The fraction of sp³-hybridized carbons (Fsp3) is 0.750. The van der Waals surface area contributed by atoms with Gasteiger partial charge in [0.25, 0.3) is 0 Å². The van der Waals surface area contributed by atoms with Gasteiger partial charge in [-0.1, -0.05) is 26.0 Å². The number of cyclic esters (lactones) is 1. The van der Waals surface area contributed by atoms with Gasteiger partial charge in [0.05, 0.1) is 6.10 Å². The van der Waals surface area contributed by atoms with E-state index in [1.165, 1.54) is 5.57 Å². The van der Waals surface area contributed by atoms with E-state index in [1.54, 1.807) is 0 Å². The molecular formula is C20H30O4. The SMILES string of the molecule is C=C1CC[C@@H]2[C@](C)(CO)C[C@@H](O)C[C@@]2(C)[C@@H]1CCC1=CCOC1=O. The quantitative estimate of drug-likeness (QED) is 0.613. The summed E-state index contributed by atoms with van der Waals surface area (Å²) in [5.74, 6) is 0.451. The first-order valence-electron chi connectivity index (χ1n) is 9.13. The highest BCUT2D eigenvalue weighted by Gasteiger charge is 2.56. The summed E-state index contributed by atoms with van der Waals surface area (Å²) in [4.78, 5) is 11.7. The van der Waals surface area contributed by atoms with Crippen LogP contribution in [0, 0.1) is 22.7 Å². The smallest absolute Gasteiger partial charge is 0.334 e. The maximum absolute atomic E-state index is 11.7. The van der Waals surface area contributed by atoms with Crippen molar-refractivity contribution in [3.63, 3.8) is 0 Å². The Morgan fingerprint density at radius 2 is 2.12 bits per heavy atom. The van der Waals surface area contributed by atoms with Crippen LogP contribution in [0.25, 0.3) is 0 Å². The molecule has 0 aromatic carbocycles. The van der Waals surface area contributed by atoms with E-state index < -0.39 is 0 Å². The van der Waals surface area contributed by atoms with E-state index in [0.29, 0.717) is 25.4 Å². The summed E-state index contributed by atoms with van der Waals surface area (Å²) in [7, 11) is 0. The molecule has 3 rings (SSSR count). The van der Waals surface area contributed by atoms with Crippen LogP contribution in [0.4, 0.5) is 0 Å². The monoisotopic (exact) mass is 334 g/mol. The van der Waals surface area contributed by atoms with Crippen LogP contribution in [-0.4, -0.2) is 35.5 Å². The van der Waals surface area contributed by atoms with E-state index in [4.69, 9.17) is 4.74 Å². The Kier molecular flexibility index (Phi) is 4.65. The summed E-state index contributed by atoms with van der Waals surface area (Å²) in [6.45, 7) is 9.18. The molecule has 4 heteroatoms. The van der Waals surface area contributed by atoms with Gasteiger partial charge in [-0.2, -0.15) is 0 Å². The first-order chi connectivity index (χ1) is 11.3. The maximum atomic E-state index is 11.7. The predicted molar refractivity (Wildman–Crippen MR) is 92.2 cm³/mol. The summed E-state index contributed by atoms with van der Waals surface area (Å²) in [5.41, 5.74) is 1.69. The molecule has 4 nitrogen and oxygen atoms in total. The highest BCUT2D eigenvalue weighted by Crippen LogP contribution is 2.61. The average Bonchev–Trinajstić information content (AvgIpc) is 2.91. The number of fused-ring (bicyclic) bond motifs is 1. The van der Waals surface area contributed by atoms with Crippen molar-refractivity contribution in [2.24, 2.45) is 22.7 Å². The number of hydrogen-bond donors (Lipinski definition) is 2. The third-order valence-corrected chi connectivity index (χ3v) is 6.93. The van der Waals surface area contributed by atoms with Crippen molar-refractivity contribution in [1.82, 2.24) is 0 Å². The lowest BCUT2D eigenvalue weighted by Crippen LogP contribution is -2.55. The number of rotatable bonds is 4. The second kappa shape index (κ2) is 6.30. The highest BCUT2D eigenvalue weighted by molar-refractivity contribution is 5.90. The molecule has 1 aliphatic heterocycles. The molecule has 134 valence electrons. The Labute approximate surface area is 144 Å². The van der Waals surface area contributed by atoms with Gasteiger partial charge in [0.1, 0.15) is 6.61 Å². The van der Waals surface area contributed by atoms with E-state index in [-0.39, 0.29) is 35.4 Å². The van der Waals surface area contributed by atoms with Crippen LogP contribution in [0.5, 0.6) is 0 Å². The number of carbonyl (C=O) groups excluding carboxylic acids is 1. The molecule has 0 unspecified atom stereocenters. The molecule has 0 spiro atoms. The van der Waals surface area contributed by atoms with Crippen molar-refractivity contribution in [2.45, 2.75) is 58.5 Å². The third-order valence-electron chi connectivity index (χ3n) is 6.93. The van der Waals surface area contributed by atoms with Crippen LogP contribution in [0.3, 0.4) is 0 Å². The Morgan fingerprint density at radius 1 is 1.38 bits per heavy atom. The molecule has 5 atom stereocenters. The molecular weight excluding hydrogens is 304 g/mol. The highest BCUT2D eigenvalue weighted by atomic mass is 16.5. The Bertz CT molecular complexity index is 566. The van der Waals surface area contributed by atoms with Crippen LogP contribution >= 0.6 is 0 Å². The van der Waals surface area contributed by atoms with Crippen LogP contribution in [0.2, 0.25) is 0 Å². The zero-order valence-corrected chi connectivity index (χ0v) is 14.9. The van der Waals surface area contributed by atoms with E-state index >= 15 is 0 Å². The normalized spacial score (nSPS) is 42.5. The van der Waals surface area contributed by atoms with Crippen LogP contribution < -0.4 is 0 Å². The van der Waals surface area contributed by atoms with Crippen molar-refractivity contribution in [3.8, 4) is 0 Å². The number of esters is 1. The topological polar surface area (TPSA) is 66.8 Å². The molecule has 0 amide bonds. The minimum atomic E-state index is -0.382. The summed E-state index contributed by atoms with van der Waals surface area (Å²) in [5, 5.41) is 20.5. The fourth-order valence-corrected chi connectivity index (χ4v) is 5.84. The molecule has 1 heterocycles. The first kappa shape index (κ1) is 17.7. The van der Waals surface area contributed by atoms with Gasteiger partial charge < -0.3 is 14.9 Å². The largest absolute Gasteiger partial charge is 0.458 e. The number of carbonyl (C=O) groups is 1.